The van der Waals surface area contributed by atoms with Gasteiger partial charge in [-0.05, 0) is 50.1 Å². The van der Waals surface area contributed by atoms with Crippen LogP contribution >= 0.6 is 0 Å². The van der Waals surface area contributed by atoms with Crippen molar-refractivity contribution in [1.29, 1.82) is 0 Å². The number of morpholine rings is 1. The number of hydrogen-bond donors (Lipinski definition) is 3. The molecule has 1 unspecified atom stereocenters. The number of carbonyl (C=O) groups excluding carboxylic acids is 1. The number of carboxylic acid groups (broad SMARTS) is 2. The van der Waals surface area contributed by atoms with E-state index in [4.69, 9.17) is 24.5 Å². The lowest BCUT2D eigenvalue weighted by Crippen LogP contribution is -2.61. The largest absolute Gasteiger partial charge is 0.490 e. The molecule has 45 heavy (non-hydrogen) atoms. The molecule has 250 valence electrons. The Bertz CT molecular complexity index is 1240. The van der Waals surface area contributed by atoms with Crippen molar-refractivity contribution in [3.8, 4) is 0 Å². The first-order chi connectivity index (χ1) is 20.8. The molecule has 1 spiro atoms. The first kappa shape index (κ1) is 37.4. The van der Waals surface area contributed by atoms with E-state index in [0.717, 1.165) is 50.1 Å². The van der Waals surface area contributed by atoms with Crippen molar-refractivity contribution < 1.29 is 60.1 Å². The third-order valence-corrected chi connectivity index (χ3v) is 6.88. The molecule has 2 aliphatic heterocycles. The molecule has 2 aliphatic rings. The quantitative estimate of drug-likeness (QED) is 0.407. The summed E-state index contributed by atoms with van der Waals surface area (Å²) in [5, 5.41) is 17.3. The lowest BCUT2D eigenvalue weighted by Gasteiger charge is -2.48. The second-order valence-corrected chi connectivity index (χ2v) is 10.7. The van der Waals surface area contributed by atoms with Crippen LogP contribution in [-0.4, -0.2) is 95.1 Å². The molecule has 16 heteroatoms. The first-order valence-electron chi connectivity index (χ1n) is 13.6. The number of piperidine rings is 1. The monoisotopic (exact) mass is 653 g/mol. The van der Waals surface area contributed by atoms with Crippen LogP contribution in [0.1, 0.15) is 29.5 Å². The number of nitrogens with zero attached hydrogens (tertiary/aromatic N) is 2. The molecule has 3 N–H and O–H groups in total. The van der Waals surface area contributed by atoms with Gasteiger partial charge in [0.2, 0.25) is 0 Å². The van der Waals surface area contributed by atoms with Crippen molar-refractivity contribution in [2.24, 2.45) is 0 Å². The highest BCUT2D eigenvalue weighted by atomic mass is 19.4. The van der Waals surface area contributed by atoms with Gasteiger partial charge in [0.25, 0.3) is 5.91 Å². The second-order valence-electron chi connectivity index (χ2n) is 10.7. The standard InChI is InChI=1S/C25H32FN3O2.2C2HF3O2/c1-19-3-5-20(6-4-19)15-27-24(30)23-17-28(2)18-25(31-23)11-13-29(14-12-25)16-21-7-9-22(26)10-8-21;2*3-2(4,5)1(6)7/h3-10,23H,11-18H2,1-2H3,(H,27,30);2*(H,6,7). The third-order valence-electron chi connectivity index (χ3n) is 6.88. The van der Waals surface area contributed by atoms with Gasteiger partial charge in [-0.1, -0.05) is 42.0 Å². The van der Waals surface area contributed by atoms with Gasteiger partial charge in [-0.3, -0.25) is 9.69 Å². The lowest BCUT2D eigenvalue weighted by atomic mass is 9.88. The van der Waals surface area contributed by atoms with E-state index in [1.54, 1.807) is 0 Å². The molecule has 4 rings (SSSR count). The summed E-state index contributed by atoms with van der Waals surface area (Å²) in [6.07, 6.45) is -8.84. The van der Waals surface area contributed by atoms with Crippen molar-refractivity contribution in [3.05, 3.63) is 71.0 Å². The Morgan fingerprint density at radius 3 is 1.82 bits per heavy atom. The van der Waals surface area contributed by atoms with Crippen LogP contribution in [0.5, 0.6) is 0 Å². The predicted octanol–water partition coefficient (Wildman–Crippen LogP) is 4.38. The first-order valence-corrected chi connectivity index (χ1v) is 13.6. The maximum absolute atomic E-state index is 13.1. The zero-order valence-corrected chi connectivity index (χ0v) is 24.4. The number of rotatable bonds is 5. The molecule has 2 aromatic carbocycles. The normalized spacial score (nSPS) is 18.6. The maximum Gasteiger partial charge on any atom is 0.490 e. The van der Waals surface area contributed by atoms with Gasteiger partial charge in [-0.15, -0.1) is 0 Å². The minimum Gasteiger partial charge on any atom is -0.475 e. The smallest absolute Gasteiger partial charge is 0.475 e. The van der Waals surface area contributed by atoms with E-state index in [-0.39, 0.29) is 17.3 Å². The maximum atomic E-state index is 13.1. The molecule has 0 aromatic heterocycles. The van der Waals surface area contributed by atoms with Crippen molar-refractivity contribution in [2.45, 2.75) is 56.9 Å². The molecule has 0 aliphatic carbocycles. The fourth-order valence-corrected chi connectivity index (χ4v) is 4.60. The number of alkyl halides is 6. The van der Waals surface area contributed by atoms with E-state index in [9.17, 15) is 35.5 Å². The van der Waals surface area contributed by atoms with Gasteiger partial charge in [-0.2, -0.15) is 26.3 Å². The number of aryl methyl sites for hydroxylation is 1. The van der Waals surface area contributed by atoms with Gasteiger partial charge < -0.3 is 25.2 Å². The van der Waals surface area contributed by atoms with Crippen LogP contribution in [0.15, 0.2) is 48.5 Å². The highest BCUT2D eigenvalue weighted by Gasteiger charge is 2.44. The number of nitrogens with one attached hydrogen (secondary N) is 1. The highest BCUT2D eigenvalue weighted by Crippen LogP contribution is 2.32. The predicted molar refractivity (Wildman–Crippen MR) is 146 cm³/mol. The Morgan fingerprint density at radius 1 is 0.889 bits per heavy atom. The van der Waals surface area contributed by atoms with Crippen LogP contribution in [0.2, 0.25) is 0 Å². The summed E-state index contributed by atoms with van der Waals surface area (Å²) in [6.45, 7) is 6.65. The molecule has 9 nitrogen and oxygen atoms in total. The van der Waals surface area contributed by atoms with Crippen LogP contribution in [0.3, 0.4) is 0 Å². The van der Waals surface area contributed by atoms with Crippen molar-refractivity contribution >= 4 is 17.8 Å². The Kier molecular flexibility index (Phi) is 13.3. The summed E-state index contributed by atoms with van der Waals surface area (Å²) in [6, 6.07) is 14.9. The van der Waals surface area contributed by atoms with E-state index >= 15 is 0 Å². The molecule has 2 aromatic rings. The van der Waals surface area contributed by atoms with Gasteiger partial charge in [0.15, 0.2) is 0 Å². The highest BCUT2D eigenvalue weighted by molar-refractivity contribution is 5.81. The summed E-state index contributed by atoms with van der Waals surface area (Å²) in [7, 11) is 2.06. The Balaban J connectivity index is 0.000000421. The zero-order chi connectivity index (χ0) is 34.0. The Morgan fingerprint density at radius 2 is 1.36 bits per heavy atom. The van der Waals surface area contributed by atoms with Crippen LogP contribution in [-0.2, 0) is 32.2 Å². The van der Waals surface area contributed by atoms with Gasteiger partial charge in [0, 0.05) is 39.3 Å². The molecular formula is C29H34F7N3O6. The average Bonchev–Trinajstić information content (AvgIpc) is 2.94. The lowest BCUT2D eigenvalue weighted by molar-refractivity contribution is -0.193. The molecule has 1 atom stereocenters. The van der Waals surface area contributed by atoms with Crippen LogP contribution < -0.4 is 5.32 Å². The fourth-order valence-electron chi connectivity index (χ4n) is 4.60. The van der Waals surface area contributed by atoms with Gasteiger partial charge >= 0.3 is 24.3 Å². The Labute approximate surface area is 254 Å². The topological polar surface area (TPSA) is 119 Å². The van der Waals surface area contributed by atoms with E-state index in [0.29, 0.717) is 13.1 Å². The van der Waals surface area contributed by atoms with Crippen LogP contribution in [0, 0.1) is 12.7 Å². The minimum absolute atomic E-state index is 0.0414. The number of benzene rings is 2. The zero-order valence-electron chi connectivity index (χ0n) is 24.4. The number of hydrogen-bond acceptors (Lipinski definition) is 6. The van der Waals surface area contributed by atoms with E-state index < -0.39 is 30.4 Å². The number of likely N-dealkylation sites (tertiary alicyclic amines) is 1. The van der Waals surface area contributed by atoms with E-state index in [1.165, 1.54) is 17.7 Å². The number of carbonyl (C=O) groups is 3. The second kappa shape index (κ2) is 16.0. The van der Waals surface area contributed by atoms with Gasteiger partial charge in [0.05, 0.1) is 5.60 Å². The number of amides is 1. The number of halogens is 7. The van der Waals surface area contributed by atoms with Gasteiger partial charge in [0.1, 0.15) is 11.9 Å². The third kappa shape index (κ3) is 13.0. The average molecular weight is 654 g/mol. The summed E-state index contributed by atoms with van der Waals surface area (Å²) >= 11 is 0. The summed E-state index contributed by atoms with van der Waals surface area (Å²) < 4.78 is 83.1. The minimum atomic E-state index is -5.08. The summed E-state index contributed by atoms with van der Waals surface area (Å²) in [4.78, 5) is 35.2. The van der Waals surface area contributed by atoms with E-state index in [2.05, 4.69) is 41.2 Å². The van der Waals surface area contributed by atoms with Crippen molar-refractivity contribution in [1.82, 2.24) is 15.1 Å². The van der Waals surface area contributed by atoms with Crippen LogP contribution in [0.25, 0.3) is 0 Å². The molecule has 2 fully saturated rings. The number of likely N-dealkylation sites (N-methyl/N-ethyl adjacent to an activating group) is 1. The van der Waals surface area contributed by atoms with Crippen molar-refractivity contribution in [2.75, 3.05) is 33.2 Å². The SMILES string of the molecule is Cc1ccc(CNC(=O)C2CN(C)CC3(CCN(Cc4ccc(F)cc4)CC3)O2)cc1.O=C(O)C(F)(F)F.O=C(O)C(F)(F)F. The number of aliphatic carboxylic acids is 2. The number of ether oxygens (including phenoxy) is 1. The summed E-state index contributed by atoms with van der Waals surface area (Å²) in [5.41, 5.74) is 3.14. The molecule has 2 heterocycles. The van der Waals surface area contributed by atoms with E-state index in [1.807, 2.05) is 24.3 Å². The van der Waals surface area contributed by atoms with Crippen LogP contribution in [0.4, 0.5) is 30.7 Å². The fraction of sp³-hybridized carbons (Fsp3) is 0.483. The Hall–Kier alpha value is -3.76. The molecule has 1 amide bonds. The molecule has 0 bridgehead atoms. The molecule has 2 saturated heterocycles. The summed E-state index contributed by atoms with van der Waals surface area (Å²) in [5.74, 6) is -5.76. The number of carboxylic acids is 2. The van der Waals surface area contributed by atoms with Gasteiger partial charge in [-0.25, -0.2) is 14.0 Å². The molecule has 0 saturated carbocycles. The molecule has 0 radical (unpaired) electrons. The van der Waals surface area contributed by atoms with Crippen molar-refractivity contribution in [3.63, 3.8) is 0 Å². The molecular weight excluding hydrogens is 619 g/mol.